The van der Waals surface area contributed by atoms with Gasteiger partial charge in [-0.15, -0.1) is 0 Å². The Balaban J connectivity index is 1.38. The number of hydrogen-bond acceptors (Lipinski definition) is 8. The van der Waals surface area contributed by atoms with Gasteiger partial charge in [0.05, 0.1) is 37.2 Å². The molecule has 5 rings (SSSR count). The van der Waals surface area contributed by atoms with Crippen molar-refractivity contribution >= 4 is 23.9 Å². The molecule has 3 heterocycles. The second-order valence-electron chi connectivity index (χ2n) is 17.6. The van der Waals surface area contributed by atoms with Gasteiger partial charge in [0.2, 0.25) is 11.8 Å². The summed E-state index contributed by atoms with van der Waals surface area (Å²) in [5.41, 5.74) is 4.03. The van der Waals surface area contributed by atoms with E-state index in [1.165, 1.54) is 7.11 Å². The predicted octanol–water partition coefficient (Wildman–Crippen LogP) is 6.08. The number of ether oxygens (including phenoxy) is 1. The summed E-state index contributed by atoms with van der Waals surface area (Å²) in [7, 11) is 1.29. The Morgan fingerprint density at radius 2 is 1.55 bits per heavy atom. The smallest absolute Gasteiger partial charge is 0.406 e. The Hall–Kier alpha value is -5.82. The number of hydrogen-bond donors (Lipinski definition) is 4. The van der Waals surface area contributed by atoms with E-state index in [0.717, 1.165) is 33.8 Å². The van der Waals surface area contributed by atoms with Gasteiger partial charge in [-0.2, -0.15) is 0 Å². The van der Waals surface area contributed by atoms with Crippen LogP contribution in [-0.2, 0) is 33.7 Å². The molecule has 4 aromatic rings. The average Bonchev–Trinajstić information content (AvgIpc) is 3.54. The monoisotopic (exact) mass is 819 g/mol. The molecule has 3 unspecified atom stereocenters. The van der Waals surface area contributed by atoms with Gasteiger partial charge >= 0.3 is 12.1 Å². The van der Waals surface area contributed by atoms with Gasteiger partial charge in [-0.05, 0) is 72.4 Å². The highest BCUT2D eigenvalue weighted by Crippen LogP contribution is 2.29. The minimum atomic E-state index is -1.10. The topological polar surface area (TPSA) is 166 Å². The normalized spacial score (nSPS) is 15.2. The third-order valence-corrected chi connectivity index (χ3v) is 10.7. The molecule has 0 bridgehead atoms. The summed E-state index contributed by atoms with van der Waals surface area (Å²) in [6.07, 6.45) is 0.998. The molecule has 1 fully saturated rings. The first-order valence-corrected chi connectivity index (χ1v) is 20.6. The number of aromatic nitrogens is 2. The minimum Gasteiger partial charge on any atom is -0.453 e. The van der Waals surface area contributed by atoms with E-state index in [4.69, 9.17) is 4.74 Å². The molecule has 0 aliphatic carbocycles. The molecule has 2 aromatic heterocycles. The van der Waals surface area contributed by atoms with E-state index >= 15 is 0 Å². The Bertz CT molecular complexity index is 2040. The first-order valence-electron chi connectivity index (χ1n) is 20.6. The molecule has 5 amide bonds. The van der Waals surface area contributed by atoms with Crippen LogP contribution < -0.4 is 16.0 Å². The van der Waals surface area contributed by atoms with Crippen LogP contribution in [0.1, 0.15) is 70.0 Å². The molecule has 4 atom stereocenters. The minimum absolute atomic E-state index is 0.0977. The first-order chi connectivity index (χ1) is 28.5. The number of carbonyl (C=O) groups is 4. The summed E-state index contributed by atoms with van der Waals surface area (Å²) in [4.78, 5) is 66.4. The number of rotatable bonds is 18. The van der Waals surface area contributed by atoms with Gasteiger partial charge < -0.3 is 35.6 Å². The van der Waals surface area contributed by atoms with E-state index in [2.05, 4.69) is 25.9 Å². The number of nitrogens with one attached hydrogen (secondary N) is 3. The van der Waals surface area contributed by atoms with E-state index in [1.807, 2.05) is 133 Å². The second-order valence-corrected chi connectivity index (χ2v) is 17.6. The summed E-state index contributed by atoms with van der Waals surface area (Å²) in [5.74, 6) is -0.611. The van der Waals surface area contributed by atoms with Crippen LogP contribution in [0.4, 0.5) is 9.59 Å². The molecule has 0 radical (unpaired) electrons. The number of carbonyl (C=O) groups excluding carboxylic acids is 4. The molecule has 320 valence electrons. The fourth-order valence-corrected chi connectivity index (χ4v) is 7.72. The Morgan fingerprint density at radius 1 is 0.850 bits per heavy atom. The van der Waals surface area contributed by atoms with Crippen molar-refractivity contribution in [1.29, 1.82) is 0 Å². The molecule has 2 aromatic carbocycles. The van der Waals surface area contributed by atoms with Gasteiger partial charge in [0, 0.05) is 49.6 Å². The molecule has 13 nitrogen and oxygen atoms in total. The van der Waals surface area contributed by atoms with Gasteiger partial charge in [0.15, 0.2) is 0 Å². The maximum Gasteiger partial charge on any atom is 0.406 e. The largest absolute Gasteiger partial charge is 0.453 e. The van der Waals surface area contributed by atoms with Gasteiger partial charge in [-0.1, -0.05) is 101 Å². The van der Waals surface area contributed by atoms with E-state index in [0.29, 0.717) is 32.5 Å². The van der Waals surface area contributed by atoms with Crippen molar-refractivity contribution in [1.82, 2.24) is 35.7 Å². The Morgan fingerprint density at radius 3 is 2.20 bits per heavy atom. The number of amides is 5. The lowest BCUT2D eigenvalue weighted by molar-refractivity contribution is -0.130. The van der Waals surface area contributed by atoms with Crippen LogP contribution in [0.25, 0.3) is 11.3 Å². The third-order valence-electron chi connectivity index (χ3n) is 10.7. The number of urea groups is 1. The predicted molar refractivity (Wildman–Crippen MR) is 232 cm³/mol. The zero-order valence-electron chi connectivity index (χ0n) is 36.0. The Kier molecular flexibility index (Phi) is 15.4. The molecule has 1 saturated heterocycles. The molecular formula is C47H61N7O6. The lowest BCUT2D eigenvalue weighted by atomic mass is 9.84. The van der Waals surface area contributed by atoms with Gasteiger partial charge in [-0.25, -0.2) is 9.59 Å². The number of benzene rings is 2. The SMILES string of the molecule is COC(=O)NCC(C)(C)CC(=O)NC(Cc1ccc(-c2ccccn2)cc1)CC(O)C(Cc1ccccc1)NC(=O)[C@@H](N1CCN(Cc2cccc(C)n2)C1=O)C(C)(C)C. The number of aliphatic hydroxyl groups is 1. The molecule has 1 aliphatic heterocycles. The summed E-state index contributed by atoms with van der Waals surface area (Å²) < 4.78 is 4.72. The van der Waals surface area contributed by atoms with Crippen LogP contribution in [0.2, 0.25) is 0 Å². The summed E-state index contributed by atoms with van der Waals surface area (Å²) in [6.45, 7) is 12.8. The number of methoxy groups -OCH3 is 1. The number of pyridine rings is 2. The molecule has 0 spiro atoms. The van der Waals surface area contributed by atoms with Crippen LogP contribution in [0.15, 0.2) is 97.2 Å². The zero-order chi connectivity index (χ0) is 43.5. The molecule has 0 saturated carbocycles. The molecule has 60 heavy (non-hydrogen) atoms. The molecule has 13 heteroatoms. The van der Waals surface area contributed by atoms with Crippen LogP contribution in [0.5, 0.6) is 0 Å². The van der Waals surface area contributed by atoms with E-state index in [1.54, 1.807) is 16.0 Å². The highest BCUT2D eigenvalue weighted by atomic mass is 16.5. The first kappa shape index (κ1) is 45.3. The molecule has 4 N–H and O–H groups in total. The van der Waals surface area contributed by atoms with Gasteiger partial charge in [0.25, 0.3) is 0 Å². The summed E-state index contributed by atoms with van der Waals surface area (Å²) >= 11 is 0. The van der Waals surface area contributed by atoms with Crippen molar-refractivity contribution in [2.24, 2.45) is 10.8 Å². The lowest BCUT2D eigenvalue weighted by Crippen LogP contribution is -2.58. The molecular weight excluding hydrogens is 759 g/mol. The van der Waals surface area contributed by atoms with E-state index in [-0.39, 0.29) is 37.2 Å². The van der Waals surface area contributed by atoms with Crippen molar-refractivity contribution in [2.75, 3.05) is 26.7 Å². The van der Waals surface area contributed by atoms with Crippen molar-refractivity contribution < 1.29 is 29.0 Å². The van der Waals surface area contributed by atoms with Crippen LogP contribution in [0, 0.1) is 17.8 Å². The van der Waals surface area contributed by atoms with Crippen molar-refractivity contribution in [2.45, 2.75) is 98.0 Å². The van der Waals surface area contributed by atoms with Crippen molar-refractivity contribution in [3.8, 4) is 11.3 Å². The van der Waals surface area contributed by atoms with Crippen LogP contribution in [-0.4, -0.2) is 99.8 Å². The van der Waals surface area contributed by atoms with Crippen molar-refractivity contribution in [3.05, 3.63) is 120 Å². The standard InChI is InChI=1S/C47H61N7O6/c1-32-14-13-17-36(50-32)30-53-24-25-54(45(53)59)42(46(2,3)4)43(57)52-39(27-33-15-9-8-10-16-33)40(55)28-37(51-41(56)29-47(5,6)31-49-44(58)60-7)26-34-19-21-35(22-20-34)38-18-11-12-23-48-38/h8-23,37,39-40,42,55H,24-31H2,1-7H3,(H,49,58)(H,51,56)(H,52,57)/t37?,39?,40?,42-/m1/s1. The quantitative estimate of drug-likeness (QED) is 0.0938. The molecule has 1 aliphatic rings. The number of aliphatic hydroxyl groups excluding tert-OH is 1. The summed E-state index contributed by atoms with van der Waals surface area (Å²) in [6, 6.07) is 26.7. The van der Waals surface area contributed by atoms with E-state index < -0.39 is 41.2 Å². The maximum atomic E-state index is 14.6. The van der Waals surface area contributed by atoms with Gasteiger partial charge in [0.1, 0.15) is 6.04 Å². The van der Waals surface area contributed by atoms with Crippen molar-refractivity contribution in [3.63, 3.8) is 0 Å². The highest BCUT2D eigenvalue weighted by molar-refractivity contribution is 5.89. The Labute approximate surface area is 354 Å². The fraction of sp³-hybridized carbons (Fsp3) is 0.447. The average molecular weight is 820 g/mol. The van der Waals surface area contributed by atoms with Gasteiger partial charge in [-0.3, -0.25) is 19.6 Å². The zero-order valence-corrected chi connectivity index (χ0v) is 36.0. The third kappa shape index (κ3) is 13.1. The number of nitrogens with zero attached hydrogens (tertiary/aromatic N) is 4. The highest BCUT2D eigenvalue weighted by Gasteiger charge is 2.44. The van der Waals surface area contributed by atoms with E-state index in [9.17, 15) is 24.3 Å². The van der Waals surface area contributed by atoms with Crippen LogP contribution >= 0.6 is 0 Å². The second kappa shape index (κ2) is 20.4. The number of alkyl carbamates (subject to hydrolysis) is 1. The van der Waals surface area contributed by atoms with Crippen LogP contribution in [0.3, 0.4) is 0 Å². The fourth-order valence-electron chi connectivity index (χ4n) is 7.72. The maximum absolute atomic E-state index is 14.6. The lowest BCUT2D eigenvalue weighted by Gasteiger charge is -2.38. The summed E-state index contributed by atoms with van der Waals surface area (Å²) in [5, 5.41) is 21.2. The number of aryl methyl sites for hydroxylation is 1.